The first-order chi connectivity index (χ1) is 8.63. The van der Waals surface area contributed by atoms with E-state index in [1.807, 2.05) is 13.0 Å². The van der Waals surface area contributed by atoms with E-state index in [9.17, 15) is 4.79 Å². The van der Waals surface area contributed by atoms with Crippen LogP contribution in [0.5, 0.6) is 0 Å². The van der Waals surface area contributed by atoms with Gasteiger partial charge in [0.15, 0.2) is 0 Å². The summed E-state index contributed by atoms with van der Waals surface area (Å²) in [6.45, 7) is 7.55. The minimum absolute atomic E-state index is 0.0489. The van der Waals surface area contributed by atoms with Gasteiger partial charge in [-0.15, -0.1) is 0 Å². The second kappa shape index (κ2) is 5.33. The van der Waals surface area contributed by atoms with Crippen LogP contribution < -0.4 is 0 Å². The Balaban J connectivity index is 2.28. The van der Waals surface area contributed by atoms with Crippen LogP contribution in [0.2, 0.25) is 0 Å². The molecule has 0 atom stereocenters. The molecule has 0 unspecified atom stereocenters. The lowest BCUT2D eigenvalue weighted by atomic mass is 10.1. The number of hydrogen-bond acceptors (Lipinski definition) is 3. The molecular formula is C13H20N4O. The van der Waals surface area contributed by atoms with Gasteiger partial charge in [0.2, 0.25) is 0 Å². The zero-order valence-electron chi connectivity index (χ0n) is 11.3. The van der Waals surface area contributed by atoms with E-state index >= 15 is 0 Å². The van der Waals surface area contributed by atoms with Crippen molar-refractivity contribution in [3.8, 4) is 0 Å². The number of carbonyl (C=O) groups is 1. The summed E-state index contributed by atoms with van der Waals surface area (Å²) in [5.74, 6) is 0.279. The summed E-state index contributed by atoms with van der Waals surface area (Å²) in [5.41, 5.74) is 1.60. The molecule has 0 aliphatic carbocycles. The van der Waals surface area contributed by atoms with E-state index in [1.165, 1.54) is 5.01 Å². The van der Waals surface area contributed by atoms with Gasteiger partial charge < -0.3 is 0 Å². The van der Waals surface area contributed by atoms with E-state index in [0.29, 0.717) is 24.7 Å². The van der Waals surface area contributed by atoms with Gasteiger partial charge >= 0.3 is 0 Å². The molecule has 98 valence electrons. The quantitative estimate of drug-likeness (QED) is 0.823. The molecule has 2 heterocycles. The Hall–Kier alpha value is -1.65. The van der Waals surface area contributed by atoms with Crippen molar-refractivity contribution < 1.29 is 4.79 Å². The first-order valence-corrected chi connectivity index (χ1v) is 6.55. The van der Waals surface area contributed by atoms with Crippen LogP contribution in [-0.2, 0) is 6.54 Å². The van der Waals surface area contributed by atoms with Gasteiger partial charge in [0.1, 0.15) is 5.69 Å². The van der Waals surface area contributed by atoms with Crippen LogP contribution in [0.4, 0.5) is 0 Å². The van der Waals surface area contributed by atoms with E-state index in [2.05, 4.69) is 24.0 Å². The molecular weight excluding hydrogens is 228 g/mol. The van der Waals surface area contributed by atoms with Gasteiger partial charge in [-0.05, 0) is 31.7 Å². The van der Waals surface area contributed by atoms with E-state index in [1.54, 1.807) is 10.9 Å². The highest BCUT2D eigenvalue weighted by Gasteiger charge is 2.22. The van der Waals surface area contributed by atoms with Crippen molar-refractivity contribution in [3.05, 3.63) is 17.5 Å². The highest BCUT2D eigenvalue weighted by Crippen LogP contribution is 2.17. The minimum Gasteiger partial charge on any atom is -0.265 e. The van der Waals surface area contributed by atoms with Gasteiger partial charge in [0.05, 0.1) is 5.69 Å². The van der Waals surface area contributed by atoms with Crippen molar-refractivity contribution in [2.75, 3.05) is 6.54 Å². The van der Waals surface area contributed by atoms with Gasteiger partial charge in [0.25, 0.3) is 5.91 Å². The molecule has 1 aromatic heterocycles. The third kappa shape index (κ3) is 2.44. The van der Waals surface area contributed by atoms with Gasteiger partial charge in [-0.1, -0.05) is 13.8 Å². The molecule has 0 radical (unpaired) electrons. The van der Waals surface area contributed by atoms with E-state index in [-0.39, 0.29) is 5.91 Å². The van der Waals surface area contributed by atoms with Crippen molar-refractivity contribution in [1.82, 2.24) is 14.8 Å². The Labute approximate surface area is 107 Å². The first-order valence-electron chi connectivity index (χ1n) is 6.55. The van der Waals surface area contributed by atoms with Crippen LogP contribution in [0.25, 0.3) is 0 Å². The molecule has 0 spiro atoms. The molecule has 0 N–H and O–H groups in total. The van der Waals surface area contributed by atoms with Crippen molar-refractivity contribution >= 4 is 12.1 Å². The summed E-state index contributed by atoms with van der Waals surface area (Å²) in [7, 11) is 0. The third-order valence-electron chi connectivity index (χ3n) is 3.07. The lowest BCUT2D eigenvalue weighted by Crippen LogP contribution is -2.31. The molecule has 1 aliphatic rings. The van der Waals surface area contributed by atoms with Crippen LogP contribution in [0.3, 0.4) is 0 Å². The molecule has 1 aliphatic heterocycles. The summed E-state index contributed by atoms with van der Waals surface area (Å²) >= 11 is 0. The smallest absolute Gasteiger partial charge is 0.265 e. The topological polar surface area (TPSA) is 50.5 Å². The fourth-order valence-corrected chi connectivity index (χ4v) is 1.96. The Morgan fingerprint density at radius 3 is 2.83 bits per heavy atom. The van der Waals surface area contributed by atoms with Gasteiger partial charge in [-0.25, -0.2) is 5.01 Å². The number of carbonyl (C=O) groups excluding carboxylic acids is 1. The minimum atomic E-state index is -0.0489. The predicted octanol–water partition coefficient (Wildman–Crippen LogP) is 2.25. The summed E-state index contributed by atoms with van der Waals surface area (Å²) < 4.78 is 1.77. The first kappa shape index (κ1) is 12.8. The zero-order valence-corrected chi connectivity index (χ0v) is 11.3. The summed E-state index contributed by atoms with van der Waals surface area (Å²) in [6.07, 6.45) is 3.73. The second-order valence-corrected chi connectivity index (χ2v) is 4.79. The number of aromatic nitrogens is 2. The molecule has 0 saturated carbocycles. The van der Waals surface area contributed by atoms with Crippen LogP contribution in [0, 0.1) is 0 Å². The SMILES string of the molecule is CCn1nc(C(C)C)cc1C(=O)N1CCCC=N1. The number of hydrogen-bond donors (Lipinski definition) is 0. The maximum atomic E-state index is 12.4. The monoisotopic (exact) mass is 248 g/mol. The fourth-order valence-electron chi connectivity index (χ4n) is 1.96. The Kier molecular flexibility index (Phi) is 3.79. The Morgan fingerprint density at radius 2 is 2.28 bits per heavy atom. The molecule has 18 heavy (non-hydrogen) atoms. The highest BCUT2D eigenvalue weighted by atomic mass is 16.2. The lowest BCUT2D eigenvalue weighted by Gasteiger charge is -2.19. The number of aryl methyl sites for hydroxylation is 1. The van der Waals surface area contributed by atoms with Crippen LogP contribution in [0.15, 0.2) is 11.2 Å². The summed E-state index contributed by atoms with van der Waals surface area (Å²) in [6, 6.07) is 1.89. The van der Waals surface area contributed by atoms with Crippen LogP contribution in [0.1, 0.15) is 55.7 Å². The van der Waals surface area contributed by atoms with Crippen LogP contribution >= 0.6 is 0 Å². The lowest BCUT2D eigenvalue weighted by molar-refractivity contribution is 0.0741. The average molecular weight is 248 g/mol. The maximum absolute atomic E-state index is 12.4. The van der Waals surface area contributed by atoms with Crippen molar-refractivity contribution in [2.24, 2.45) is 5.10 Å². The molecule has 1 amide bonds. The van der Waals surface area contributed by atoms with Gasteiger partial charge in [-0.2, -0.15) is 10.2 Å². The van der Waals surface area contributed by atoms with Gasteiger partial charge in [-0.3, -0.25) is 9.48 Å². The summed E-state index contributed by atoms with van der Waals surface area (Å²) in [5, 5.41) is 10.2. The number of amides is 1. The fraction of sp³-hybridized carbons (Fsp3) is 0.615. The number of nitrogens with zero attached hydrogens (tertiary/aromatic N) is 4. The zero-order chi connectivity index (χ0) is 13.1. The molecule has 1 aromatic rings. The van der Waals surface area contributed by atoms with Crippen LogP contribution in [-0.4, -0.2) is 33.5 Å². The van der Waals surface area contributed by atoms with E-state index in [4.69, 9.17) is 0 Å². The normalized spacial score (nSPS) is 15.4. The predicted molar refractivity (Wildman–Crippen MR) is 70.8 cm³/mol. The Morgan fingerprint density at radius 1 is 1.50 bits per heavy atom. The molecule has 5 heteroatoms. The van der Waals surface area contributed by atoms with E-state index < -0.39 is 0 Å². The molecule has 2 rings (SSSR count). The molecule has 0 bridgehead atoms. The highest BCUT2D eigenvalue weighted by molar-refractivity contribution is 5.93. The number of rotatable bonds is 3. The van der Waals surface area contributed by atoms with Crippen molar-refractivity contribution in [1.29, 1.82) is 0 Å². The third-order valence-corrected chi connectivity index (χ3v) is 3.07. The molecule has 0 aromatic carbocycles. The Bertz CT molecular complexity index is 462. The molecule has 0 saturated heterocycles. The molecule has 0 fully saturated rings. The van der Waals surface area contributed by atoms with Gasteiger partial charge in [0, 0.05) is 19.3 Å². The van der Waals surface area contributed by atoms with Crippen molar-refractivity contribution in [3.63, 3.8) is 0 Å². The standard InChI is InChI=1S/C13H20N4O/c1-4-16-12(9-11(15-16)10(2)3)13(18)17-8-6-5-7-14-17/h7,9-10H,4-6,8H2,1-3H3. The number of hydrazone groups is 1. The average Bonchev–Trinajstić information content (AvgIpc) is 2.83. The largest absolute Gasteiger partial charge is 0.292 e. The molecule has 5 nitrogen and oxygen atoms in total. The maximum Gasteiger partial charge on any atom is 0.292 e. The second-order valence-electron chi connectivity index (χ2n) is 4.79. The summed E-state index contributed by atoms with van der Waals surface area (Å²) in [4.78, 5) is 12.4. The van der Waals surface area contributed by atoms with E-state index in [0.717, 1.165) is 18.5 Å². The van der Waals surface area contributed by atoms with Crippen molar-refractivity contribution in [2.45, 2.75) is 46.1 Å².